The molecule has 0 saturated carbocycles. The van der Waals surface area contributed by atoms with E-state index in [1.807, 2.05) is 42.5 Å². The van der Waals surface area contributed by atoms with Gasteiger partial charge in [0.05, 0.1) is 0 Å². The Morgan fingerprint density at radius 2 is 1.22 bits per heavy atom. The molecule has 0 spiro atoms. The lowest BCUT2D eigenvalue weighted by molar-refractivity contribution is 0.426. The number of benzene rings is 4. The number of hydrogen-bond acceptors (Lipinski definition) is 2. The fraction of sp³-hybridized carbons (Fsp3) is 0. The van der Waals surface area contributed by atoms with Crippen LogP contribution in [0.2, 0.25) is 0 Å². The average Bonchev–Trinajstić information content (AvgIpc) is 2.61. The zero-order chi connectivity index (χ0) is 15.8. The van der Waals surface area contributed by atoms with Crippen LogP contribution in [0.3, 0.4) is 0 Å². The third-order valence-electron chi connectivity index (χ3n) is 4.32. The molecule has 23 heavy (non-hydrogen) atoms. The molecule has 0 aliphatic heterocycles. The molecule has 0 fully saturated rings. The van der Waals surface area contributed by atoms with Crippen molar-refractivity contribution in [2.24, 2.45) is 0 Å². The Morgan fingerprint density at radius 1 is 0.522 bits per heavy atom. The summed E-state index contributed by atoms with van der Waals surface area (Å²) in [4.78, 5) is 0. The van der Waals surface area contributed by atoms with Gasteiger partial charge in [0.1, 0.15) is 0 Å². The maximum Gasteiger partial charge on any atom is 0.489 e. The molecule has 0 aliphatic carbocycles. The molecule has 0 radical (unpaired) electrons. The normalized spacial score (nSPS) is 11.0. The summed E-state index contributed by atoms with van der Waals surface area (Å²) in [5.41, 5.74) is 2.38. The minimum absolute atomic E-state index is 0.521. The lowest BCUT2D eigenvalue weighted by Crippen LogP contribution is -2.31. The Balaban J connectivity index is 2.08. The molecule has 4 rings (SSSR count). The molecule has 0 unspecified atom stereocenters. The highest BCUT2D eigenvalue weighted by Crippen LogP contribution is 2.32. The maximum absolute atomic E-state index is 9.67. The van der Waals surface area contributed by atoms with E-state index in [-0.39, 0.29) is 0 Å². The standard InChI is InChI=1S/C20H15BO2/c22-21(23)20-11-4-3-8-19(20)17-10-5-9-16-15-7-2-1-6-14(15)12-13-18(16)17/h1-13,22-23H. The molecule has 110 valence electrons. The van der Waals surface area contributed by atoms with E-state index in [1.54, 1.807) is 6.07 Å². The van der Waals surface area contributed by atoms with Gasteiger partial charge in [-0.3, -0.25) is 0 Å². The van der Waals surface area contributed by atoms with Gasteiger partial charge in [0, 0.05) is 0 Å². The summed E-state index contributed by atoms with van der Waals surface area (Å²) in [6.45, 7) is 0. The summed E-state index contributed by atoms with van der Waals surface area (Å²) in [7, 11) is -1.48. The van der Waals surface area contributed by atoms with Gasteiger partial charge in [-0.1, -0.05) is 78.9 Å². The summed E-state index contributed by atoms with van der Waals surface area (Å²) in [5, 5.41) is 24.0. The topological polar surface area (TPSA) is 40.5 Å². The Kier molecular flexibility index (Phi) is 3.38. The van der Waals surface area contributed by atoms with E-state index in [2.05, 4.69) is 30.3 Å². The smallest absolute Gasteiger partial charge is 0.423 e. The van der Waals surface area contributed by atoms with E-state index >= 15 is 0 Å². The van der Waals surface area contributed by atoms with Gasteiger partial charge in [0.2, 0.25) is 0 Å². The van der Waals surface area contributed by atoms with Crippen molar-refractivity contribution in [1.29, 1.82) is 0 Å². The summed E-state index contributed by atoms with van der Waals surface area (Å²) in [6.07, 6.45) is 0. The predicted octanol–water partition coefficient (Wildman–Crippen LogP) is 3.34. The lowest BCUT2D eigenvalue weighted by atomic mass is 9.75. The van der Waals surface area contributed by atoms with E-state index < -0.39 is 7.12 Å². The third-order valence-corrected chi connectivity index (χ3v) is 4.32. The Bertz CT molecular complexity index is 1010. The predicted molar refractivity (Wildman–Crippen MR) is 96.7 cm³/mol. The van der Waals surface area contributed by atoms with Crippen molar-refractivity contribution in [3.8, 4) is 11.1 Å². The van der Waals surface area contributed by atoms with Gasteiger partial charge in [-0.15, -0.1) is 0 Å². The molecule has 3 heteroatoms. The van der Waals surface area contributed by atoms with Crippen LogP contribution in [0.5, 0.6) is 0 Å². The zero-order valence-corrected chi connectivity index (χ0v) is 12.5. The highest BCUT2D eigenvalue weighted by molar-refractivity contribution is 6.60. The van der Waals surface area contributed by atoms with Crippen molar-refractivity contribution >= 4 is 34.1 Å². The molecule has 4 aromatic rings. The molecule has 0 saturated heterocycles. The van der Waals surface area contributed by atoms with Crippen molar-refractivity contribution < 1.29 is 10.0 Å². The van der Waals surface area contributed by atoms with Crippen LogP contribution in [0.15, 0.2) is 78.9 Å². The van der Waals surface area contributed by atoms with Crippen LogP contribution in [0.4, 0.5) is 0 Å². The number of hydrogen-bond donors (Lipinski definition) is 2. The maximum atomic E-state index is 9.67. The Hall–Kier alpha value is -2.62. The summed E-state index contributed by atoms with van der Waals surface area (Å²) in [5.74, 6) is 0. The molecule has 4 aromatic carbocycles. The quantitative estimate of drug-likeness (QED) is 0.440. The minimum atomic E-state index is -1.48. The van der Waals surface area contributed by atoms with Gasteiger partial charge < -0.3 is 10.0 Å². The van der Waals surface area contributed by atoms with Crippen molar-refractivity contribution in [3.05, 3.63) is 78.9 Å². The van der Waals surface area contributed by atoms with Crippen LogP contribution in [0.25, 0.3) is 32.7 Å². The van der Waals surface area contributed by atoms with E-state index in [0.29, 0.717) is 5.46 Å². The molecular formula is C20H15BO2. The van der Waals surface area contributed by atoms with Crippen molar-refractivity contribution in [3.63, 3.8) is 0 Å². The SMILES string of the molecule is OB(O)c1ccccc1-c1cccc2c1ccc1ccccc12. The van der Waals surface area contributed by atoms with E-state index in [1.165, 1.54) is 16.2 Å². The van der Waals surface area contributed by atoms with Crippen molar-refractivity contribution in [2.75, 3.05) is 0 Å². The second kappa shape index (κ2) is 5.54. The fourth-order valence-corrected chi connectivity index (χ4v) is 3.24. The monoisotopic (exact) mass is 298 g/mol. The molecule has 0 heterocycles. The number of fused-ring (bicyclic) bond motifs is 3. The van der Waals surface area contributed by atoms with Crippen molar-refractivity contribution in [2.45, 2.75) is 0 Å². The van der Waals surface area contributed by atoms with Gasteiger partial charge in [-0.25, -0.2) is 0 Å². The molecule has 2 N–H and O–H groups in total. The number of rotatable bonds is 2. The second-order valence-electron chi connectivity index (χ2n) is 5.65. The molecule has 0 bridgehead atoms. The first-order valence-electron chi connectivity index (χ1n) is 7.61. The Labute approximate surface area is 134 Å². The van der Waals surface area contributed by atoms with Crippen LogP contribution >= 0.6 is 0 Å². The summed E-state index contributed by atoms with van der Waals surface area (Å²) < 4.78 is 0. The van der Waals surface area contributed by atoms with E-state index in [9.17, 15) is 10.0 Å². The van der Waals surface area contributed by atoms with Gasteiger partial charge >= 0.3 is 7.12 Å². The molecular weight excluding hydrogens is 283 g/mol. The first-order valence-corrected chi connectivity index (χ1v) is 7.61. The van der Waals surface area contributed by atoms with E-state index in [4.69, 9.17) is 0 Å². The average molecular weight is 298 g/mol. The van der Waals surface area contributed by atoms with Crippen LogP contribution in [0, 0.1) is 0 Å². The zero-order valence-electron chi connectivity index (χ0n) is 12.5. The fourth-order valence-electron chi connectivity index (χ4n) is 3.24. The molecule has 0 atom stereocenters. The molecule has 0 amide bonds. The van der Waals surface area contributed by atoms with Gasteiger partial charge in [-0.05, 0) is 38.1 Å². The third kappa shape index (κ3) is 2.31. The van der Waals surface area contributed by atoms with Gasteiger partial charge in [-0.2, -0.15) is 0 Å². The first-order chi connectivity index (χ1) is 11.3. The molecule has 0 aliphatic rings. The first kappa shape index (κ1) is 14.0. The van der Waals surface area contributed by atoms with Gasteiger partial charge in [0.25, 0.3) is 0 Å². The minimum Gasteiger partial charge on any atom is -0.423 e. The van der Waals surface area contributed by atoms with Crippen LogP contribution in [-0.2, 0) is 0 Å². The molecule has 2 nitrogen and oxygen atoms in total. The summed E-state index contributed by atoms with van der Waals surface area (Å²) >= 11 is 0. The van der Waals surface area contributed by atoms with Crippen molar-refractivity contribution in [1.82, 2.24) is 0 Å². The van der Waals surface area contributed by atoms with Crippen LogP contribution in [0.1, 0.15) is 0 Å². The van der Waals surface area contributed by atoms with Crippen LogP contribution in [-0.4, -0.2) is 17.2 Å². The molecule has 0 aromatic heterocycles. The highest BCUT2D eigenvalue weighted by Gasteiger charge is 2.17. The largest absolute Gasteiger partial charge is 0.489 e. The van der Waals surface area contributed by atoms with Gasteiger partial charge in [0.15, 0.2) is 0 Å². The Morgan fingerprint density at radius 3 is 2.09 bits per heavy atom. The summed E-state index contributed by atoms with van der Waals surface area (Å²) in [6, 6.07) is 26.1. The highest BCUT2D eigenvalue weighted by atomic mass is 16.4. The second-order valence-corrected chi connectivity index (χ2v) is 5.65. The van der Waals surface area contributed by atoms with E-state index in [0.717, 1.165) is 16.5 Å². The van der Waals surface area contributed by atoms with Crippen LogP contribution < -0.4 is 5.46 Å². The lowest BCUT2D eigenvalue weighted by Gasteiger charge is -2.13.